The Labute approximate surface area is 172 Å². The molecular formula is C22H22FN5O2. The van der Waals surface area contributed by atoms with Gasteiger partial charge in [0.25, 0.3) is 0 Å². The molecule has 1 fully saturated rings. The molecule has 3 aromatic heterocycles. The fourth-order valence-corrected chi connectivity index (χ4v) is 4.86. The number of rotatable bonds is 4. The molecule has 4 heterocycles. The average molecular weight is 407 g/mol. The Morgan fingerprint density at radius 3 is 2.70 bits per heavy atom. The molecule has 1 aliphatic heterocycles. The first-order valence-electron chi connectivity index (χ1n) is 9.92. The lowest BCUT2D eigenvalue weighted by atomic mass is 9.76. The number of nitrogens with two attached hydrogens (primary N) is 1. The quantitative estimate of drug-likeness (QED) is 0.571. The van der Waals surface area contributed by atoms with Gasteiger partial charge in [-0.25, -0.2) is 9.78 Å². The van der Waals surface area contributed by atoms with Crippen LogP contribution in [0.5, 0.6) is 0 Å². The lowest BCUT2D eigenvalue weighted by Gasteiger charge is -2.42. The maximum Gasteiger partial charge on any atom is 0.337 e. The van der Waals surface area contributed by atoms with E-state index in [1.807, 2.05) is 23.9 Å². The van der Waals surface area contributed by atoms with Crippen LogP contribution in [0, 0.1) is 5.95 Å². The second-order valence-corrected chi connectivity index (χ2v) is 8.10. The van der Waals surface area contributed by atoms with E-state index in [9.17, 15) is 14.3 Å². The van der Waals surface area contributed by atoms with Crippen molar-refractivity contribution in [3.05, 3.63) is 58.9 Å². The highest BCUT2D eigenvalue weighted by Gasteiger charge is 2.45. The second kappa shape index (κ2) is 6.72. The minimum atomic E-state index is -0.915. The molecule has 1 aliphatic carbocycles. The Hall–Kier alpha value is -3.10. The molecule has 0 aromatic carbocycles. The van der Waals surface area contributed by atoms with E-state index in [-0.39, 0.29) is 5.41 Å². The molecule has 0 amide bonds. The van der Waals surface area contributed by atoms with Crippen LogP contribution in [0.25, 0.3) is 22.5 Å². The van der Waals surface area contributed by atoms with Gasteiger partial charge >= 0.3 is 5.97 Å². The van der Waals surface area contributed by atoms with E-state index < -0.39 is 11.9 Å². The van der Waals surface area contributed by atoms with Gasteiger partial charge in [-0.3, -0.25) is 4.98 Å². The van der Waals surface area contributed by atoms with Crippen LogP contribution in [0.2, 0.25) is 0 Å². The summed E-state index contributed by atoms with van der Waals surface area (Å²) in [4.78, 5) is 20.6. The predicted molar refractivity (Wildman–Crippen MR) is 110 cm³/mol. The number of hydrogen-bond donors (Lipinski definition) is 3. The first-order chi connectivity index (χ1) is 14.4. The standard InChI is InChI=1S/C22H22FN5O2/c1-28-19-14(18(21(29)30)20(28)22(9-24)10-25-11-22)4-2-12-7-26-16(6-15(12)19)13-3-5-17(23)27-8-13/h3,5-8,25H,2,4,9-11,24H2,1H3,(H,29,30). The summed E-state index contributed by atoms with van der Waals surface area (Å²) in [7, 11) is 1.92. The van der Waals surface area contributed by atoms with Crippen LogP contribution in [-0.2, 0) is 25.3 Å². The van der Waals surface area contributed by atoms with E-state index >= 15 is 0 Å². The molecule has 5 rings (SSSR count). The van der Waals surface area contributed by atoms with Gasteiger partial charge in [-0.15, -0.1) is 0 Å². The molecule has 4 N–H and O–H groups in total. The van der Waals surface area contributed by atoms with Crippen molar-refractivity contribution in [3.8, 4) is 22.5 Å². The highest BCUT2D eigenvalue weighted by Crippen LogP contribution is 2.43. The Morgan fingerprint density at radius 1 is 1.30 bits per heavy atom. The summed E-state index contributed by atoms with van der Waals surface area (Å²) < 4.78 is 15.2. The Morgan fingerprint density at radius 2 is 2.10 bits per heavy atom. The molecular weight excluding hydrogens is 385 g/mol. The van der Waals surface area contributed by atoms with Crippen LogP contribution < -0.4 is 11.1 Å². The number of carboxylic acids is 1. The molecule has 0 bridgehead atoms. The highest BCUT2D eigenvalue weighted by atomic mass is 19.1. The molecule has 3 aromatic rings. The van der Waals surface area contributed by atoms with Crippen LogP contribution in [0.15, 0.2) is 30.6 Å². The van der Waals surface area contributed by atoms with E-state index in [1.165, 1.54) is 12.3 Å². The van der Waals surface area contributed by atoms with Gasteiger partial charge in [-0.2, -0.15) is 4.39 Å². The summed E-state index contributed by atoms with van der Waals surface area (Å²) in [5, 5.41) is 13.3. The van der Waals surface area contributed by atoms with Crippen molar-refractivity contribution in [2.75, 3.05) is 19.6 Å². The number of carboxylic acid groups (broad SMARTS) is 1. The number of fused-ring (bicyclic) bond motifs is 3. The summed E-state index contributed by atoms with van der Waals surface area (Å²) in [6, 6.07) is 4.90. The number of halogens is 1. The number of nitrogens with one attached hydrogen (secondary N) is 1. The third kappa shape index (κ3) is 2.60. The van der Waals surface area contributed by atoms with Gasteiger partial charge in [0.05, 0.1) is 17.0 Å². The Kier molecular flexibility index (Phi) is 4.23. The van der Waals surface area contributed by atoms with Crippen molar-refractivity contribution in [3.63, 3.8) is 0 Å². The number of carbonyl (C=O) groups is 1. The van der Waals surface area contributed by atoms with Crippen LogP contribution in [0.1, 0.15) is 27.2 Å². The Bertz CT molecular complexity index is 1160. The predicted octanol–water partition coefficient (Wildman–Crippen LogP) is 1.88. The summed E-state index contributed by atoms with van der Waals surface area (Å²) >= 11 is 0. The molecule has 7 nitrogen and oxygen atoms in total. The monoisotopic (exact) mass is 407 g/mol. The number of aryl methyl sites for hydroxylation is 1. The topological polar surface area (TPSA) is 106 Å². The molecule has 30 heavy (non-hydrogen) atoms. The van der Waals surface area contributed by atoms with E-state index in [2.05, 4.69) is 15.3 Å². The summed E-state index contributed by atoms with van der Waals surface area (Å²) in [5.74, 6) is -1.46. The molecule has 154 valence electrons. The van der Waals surface area contributed by atoms with Crippen molar-refractivity contribution in [1.29, 1.82) is 0 Å². The summed E-state index contributed by atoms with van der Waals surface area (Å²) in [6.45, 7) is 1.71. The van der Waals surface area contributed by atoms with Gasteiger partial charge in [0, 0.05) is 61.3 Å². The van der Waals surface area contributed by atoms with E-state index in [4.69, 9.17) is 5.73 Å². The largest absolute Gasteiger partial charge is 0.478 e. The van der Waals surface area contributed by atoms with Gasteiger partial charge in [0.1, 0.15) is 0 Å². The van der Waals surface area contributed by atoms with Gasteiger partial charge in [0.2, 0.25) is 5.95 Å². The highest BCUT2D eigenvalue weighted by molar-refractivity contribution is 5.95. The first-order valence-corrected chi connectivity index (χ1v) is 9.92. The molecule has 0 saturated carbocycles. The lowest BCUT2D eigenvalue weighted by Crippen LogP contribution is -2.62. The number of pyridine rings is 2. The minimum absolute atomic E-state index is 0.378. The van der Waals surface area contributed by atoms with Crippen molar-refractivity contribution in [2.45, 2.75) is 18.3 Å². The third-order valence-electron chi connectivity index (χ3n) is 6.44. The molecule has 0 spiro atoms. The molecule has 0 radical (unpaired) electrons. The van der Waals surface area contributed by atoms with Crippen molar-refractivity contribution in [2.24, 2.45) is 12.8 Å². The fourth-order valence-electron chi connectivity index (χ4n) is 4.86. The number of aromatic carboxylic acids is 1. The van der Waals surface area contributed by atoms with Crippen LogP contribution >= 0.6 is 0 Å². The lowest BCUT2D eigenvalue weighted by molar-refractivity contribution is 0.0690. The maximum atomic E-state index is 13.2. The van der Waals surface area contributed by atoms with Crippen molar-refractivity contribution < 1.29 is 14.3 Å². The average Bonchev–Trinajstić information content (AvgIpc) is 3.01. The number of aromatic nitrogens is 3. The SMILES string of the molecule is Cn1c2c(c(C(=O)O)c1C1(CN)CNC1)CCc1cnc(-c3ccc(F)nc3)cc1-2. The van der Waals surface area contributed by atoms with Gasteiger partial charge in [-0.1, -0.05) is 0 Å². The Balaban J connectivity index is 1.73. The zero-order valence-corrected chi connectivity index (χ0v) is 16.6. The van der Waals surface area contributed by atoms with E-state index in [1.54, 1.807) is 6.07 Å². The van der Waals surface area contributed by atoms with Gasteiger partial charge in [0.15, 0.2) is 0 Å². The third-order valence-corrected chi connectivity index (χ3v) is 6.44. The van der Waals surface area contributed by atoms with Crippen LogP contribution in [-0.4, -0.2) is 45.2 Å². The van der Waals surface area contributed by atoms with Crippen LogP contribution in [0.4, 0.5) is 4.39 Å². The fraction of sp³-hybridized carbons (Fsp3) is 0.318. The first kappa shape index (κ1) is 18.9. The zero-order valence-electron chi connectivity index (χ0n) is 16.6. The molecule has 0 atom stereocenters. The zero-order chi connectivity index (χ0) is 21.0. The minimum Gasteiger partial charge on any atom is -0.478 e. The molecule has 2 aliphatic rings. The van der Waals surface area contributed by atoms with Gasteiger partial charge < -0.3 is 20.7 Å². The number of nitrogens with zero attached hydrogens (tertiary/aromatic N) is 3. The molecule has 0 unspecified atom stereocenters. The van der Waals surface area contributed by atoms with E-state index in [0.717, 1.165) is 34.5 Å². The molecule has 8 heteroatoms. The van der Waals surface area contributed by atoms with E-state index in [0.29, 0.717) is 42.9 Å². The number of hydrogen-bond acceptors (Lipinski definition) is 5. The summed E-state index contributed by atoms with van der Waals surface area (Å²) in [6.07, 6.45) is 4.64. The maximum absolute atomic E-state index is 13.2. The second-order valence-electron chi connectivity index (χ2n) is 8.10. The van der Waals surface area contributed by atoms with Gasteiger partial charge in [-0.05, 0) is 42.2 Å². The molecule has 1 saturated heterocycles. The smallest absolute Gasteiger partial charge is 0.337 e. The van der Waals surface area contributed by atoms with Crippen molar-refractivity contribution >= 4 is 5.97 Å². The normalized spacial score (nSPS) is 16.5. The summed E-state index contributed by atoms with van der Waals surface area (Å²) in [5.41, 5.74) is 12.1. The van der Waals surface area contributed by atoms with Crippen LogP contribution in [0.3, 0.4) is 0 Å². The van der Waals surface area contributed by atoms with Crippen molar-refractivity contribution in [1.82, 2.24) is 19.9 Å².